The topological polar surface area (TPSA) is 70.6 Å². The van der Waals surface area contributed by atoms with Crippen LogP contribution >= 0.6 is 0 Å². The van der Waals surface area contributed by atoms with Crippen LogP contribution in [-0.4, -0.2) is 17.7 Å². The van der Waals surface area contributed by atoms with E-state index in [9.17, 15) is 4.79 Å². The molecule has 0 radical (unpaired) electrons. The van der Waals surface area contributed by atoms with Crippen molar-refractivity contribution in [2.75, 3.05) is 11.9 Å². The number of carbonyl (C=O) groups excluding carboxylic acids is 1. The summed E-state index contributed by atoms with van der Waals surface area (Å²) in [5.41, 5.74) is 2.58. The zero-order valence-electron chi connectivity index (χ0n) is 13.2. The highest BCUT2D eigenvalue weighted by molar-refractivity contribution is 5.89. The van der Waals surface area contributed by atoms with Crippen LogP contribution in [0.25, 0.3) is 0 Å². The summed E-state index contributed by atoms with van der Waals surface area (Å²) in [6, 6.07) is 14.6. The lowest BCUT2D eigenvalue weighted by Crippen LogP contribution is -2.29. The van der Waals surface area contributed by atoms with Crippen LogP contribution in [0.2, 0.25) is 0 Å². The van der Waals surface area contributed by atoms with Crippen LogP contribution in [0.5, 0.6) is 5.75 Å². The van der Waals surface area contributed by atoms with Crippen LogP contribution in [0.15, 0.2) is 48.5 Å². The van der Waals surface area contributed by atoms with E-state index in [1.54, 1.807) is 6.07 Å². The van der Waals surface area contributed by atoms with Gasteiger partial charge in [-0.25, -0.2) is 4.79 Å². The number of anilines is 1. The van der Waals surface area contributed by atoms with E-state index in [-0.39, 0.29) is 12.6 Å². The molecular weight excluding hydrogens is 292 g/mol. The summed E-state index contributed by atoms with van der Waals surface area (Å²) in [5.74, 6) is 0.685. The van der Waals surface area contributed by atoms with Gasteiger partial charge in [0.15, 0.2) is 0 Å². The molecule has 0 aliphatic heterocycles. The van der Waals surface area contributed by atoms with Crippen molar-refractivity contribution >= 4 is 11.7 Å². The molecule has 0 atom stereocenters. The third-order valence-corrected chi connectivity index (χ3v) is 3.24. The molecule has 5 nitrogen and oxygen atoms in total. The van der Waals surface area contributed by atoms with Gasteiger partial charge in [0.25, 0.3) is 0 Å². The molecule has 0 bridgehead atoms. The number of hydrogen-bond acceptors (Lipinski definition) is 3. The van der Waals surface area contributed by atoms with Gasteiger partial charge < -0.3 is 20.5 Å². The Hall–Kier alpha value is -2.53. The van der Waals surface area contributed by atoms with Crippen molar-refractivity contribution in [3.8, 4) is 5.75 Å². The van der Waals surface area contributed by atoms with E-state index in [0.29, 0.717) is 24.6 Å². The lowest BCUT2D eigenvalue weighted by molar-refractivity contribution is 0.252. The van der Waals surface area contributed by atoms with E-state index < -0.39 is 0 Å². The zero-order valence-corrected chi connectivity index (χ0v) is 13.2. The van der Waals surface area contributed by atoms with E-state index in [1.165, 1.54) is 0 Å². The average molecular weight is 314 g/mol. The zero-order chi connectivity index (χ0) is 16.5. The van der Waals surface area contributed by atoms with Crippen molar-refractivity contribution in [3.63, 3.8) is 0 Å². The van der Waals surface area contributed by atoms with Crippen molar-refractivity contribution < 1.29 is 14.6 Å². The number of amides is 2. The van der Waals surface area contributed by atoms with Gasteiger partial charge in [0.2, 0.25) is 0 Å². The van der Waals surface area contributed by atoms with E-state index >= 15 is 0 Å². The maximum atomic E-state index is 11.6. The van der Waals surface area contributed by atoms with Crippen LogP contribution in [0.3, 0.4) is 0 Å². The smallest absolute Gasteiger partial charge is 0.319 e. The Labute approximate surface area is 136 Å². The van der Waals surface area contributed by atoms with Crippen LogP contribution < -0.4 is 15.4 Å². The molecule has 23 heavy (non-hydrogen) atoms. The van der Waals surface area contributed by atoms with Crippen molar-refractivity contribution in [2.24, 2.45) is 0 Å². The van der Waals surface area contributed by atoms with Gasteiger partial charge >= 0.3 is 6.03 Å². The lowest BCUT2D eigenvalue weighted by atomic mass is 10.1. The first-order valence-electron chi connectivity index (χ1n) is 7.67. The molecule has 0 saturated heterocycles. The van der Waals surface area contributed by atoms with Gasteiger partial charge in [-0.3, -0.25) is 0 Å². The SMILES string of the molecule is CCCNC(=O)Nc1cccc(OCc2ccc(CO)cc2)c1. The van der Waals surface area contributed by atoms with E-state index in [4.69, 9.17) is 9.84 Å². The Balaban J connectivity index is 1.90. The van der Waals surface area contributed by atoms with Gasteiger partial charge in [-0.05, 0) is 29.7 Å². The van der Waals surface area contributed by atoms with Crippen molar-refractivity contribution in [1.29, 1.82) is 0 Å². The fraction of sp³-hybridized carbons (Fsp3) is 0.278. The predicted molar refractivity (Wildman–Crippen MR) is 90.5 cm³/mol. The summed E-state index contributed by atoms with van der Waals surface area (Å²) in [6.45, 7) is 3.11. The van der Waals surface area contributed by atoms with Gasteiger partial charge in [0.05, 0.1) is 6.61 Å². The monoisotopic (exact) mass is 314 g/mol. The van der Waals surface area contributed by atoms with E-state index in [1.807, 2.05) is 49.4 Å². The molecular formula is C18H22N2O3. The van der Waals surface area contributed by atoms with E-state index in [2.05, 4.69) is 10.6 Å². The molecule has 0 aliphatic carbocycles. The Morgan fingerprint density at radius 1 is 1.13 bits per heavy atom. The number of aliphatic hydroxyl groups is 1. The minimum atomic E-state index is -0.219. The van der Waals surface area contributed by atoms with Gasteiger partial charge in [0, 0.05) is 18.3 Å². The van der Waals surface area contributed by atoms with Crippen molar-refractivity contribution in [1.82, 2.24) is 5.32 Å². The normalized spacial score (nSPS) is 10.2. The second-order valence-corrected chi connectivity index (χ2v) is 5.17. The second-order valence-electron chi connectivity index (χ2n) is 5.17. The molecule has 0 unspecified atom stereocenters. The molecule has 2 rings (SSSR count). The molecule has 0 spiro atoms. The standard InChI is InChI=1S/C18H22N2O3/c1-2-10-19-18(22)20-16-4-3-5-17(11-16)23-13-15-8-6-14(12-21)7-9-15/h3-9,11,21H,2,10,12-13H2,1H3,(H2,19,20,22). The molecule has 2 amide bonds. The Bertz CT molecular complexity index is 626. The molecule has 2 aromatic rings. The molecule has 122 valence electrons. The Morgan fingerprint density at radius 2 is 1.87 bits per heavy atom. The number of nitrogens with one attached hydrogen (secondary N) is 2. The Morgan fingerprint density at radius 3 is 2.57 bits per heavy atom. The molecule has 0 heterocycles. The molecule has 2 aromatic carbocycles. The number of hydrogen-bond donors (Lipinski definition) is 3. The van der Waals surface area contributed by atoms with Crippen molar-refractivity contribution in [3.05, 3.63) is 59.7 Å². The maximum Gasteiger partial charge on any atom is 0.319 e. The molecule has 5 heteroatoms. The first kappa shape index (κ1) is 16.8. The minimum Gasteiger partial charge on any atom is -0.489 e. The summed E-state index contributed by atoms with van der Waals surface area (Å²) in [4.78, 5) is 11.6. The highest BCUT2D eigenvalue weighted by Gasteiger charge is 2.02. The van der Waals surface area contributed by atoms with Gasteiger partial charge in [0.1, 0.15) is 12.4 Å². The summed E-state index contributed by atoms with van der Waals surface area (Å²) in [6.07, 6.45) is 0.894. The van der Waals surface area contributed by atoms with E-state index in [0.717, 1.165) is 17.5 Å². The Kier molecular flexibility index (Phi) is 6.44. The maximum absolute atomic E-state index is 11.6. The molecule has 3 N–H and O–H groups in total. The molecule has 0 saturated carbocycles. The summed E-state index contributed by atoms with van der Waals surface area (Å²) in [5, 5.41) is 14.6. The summed E-state index contributed by atoms with van der Waals surface area (Å²) >= 11 is 0. The largest absolute Gasteiger partial charge is 0.489 e. The fourth-order valence-electron chi connectivity index (χ4n) is 1.99. The number of aliphatic hydroxyl groups excluding tert-OH is 1. The number of rotatable bonds is 7. The first-order valence-corrected chi connectivity index (χ1v) is 7.67. The van der Waals surface area contributed by atoms with Gasteiger partial charge in [-0.1, -0.05) is 37.3 Å². The molecule has 0 fully saturated rings. The fourth-order valence-corrected chi connectivity index (χ4v) is 1.99. The van der Waals surface area contributed by atoms with Crippen LogP contribution in [-0.2, 0) is 13.2 Å². The van der Waals surface area contributed by atoms with Crippen LogP contribution in [0, 0.1) is 0 Å². The minimum absolute atomic E-state index is 0.0367. The average Bonchev–Trinajstić information content (AvgIpc) is 2.59. The number of benzene rings is 2. The van der Waals surface area contributed by atoms with Crippen molar-refractivity contribution in [2.45, 2.75) is 26.6 Å². The second kappa shape index (κ2) is 8.80. The van der Waals surface area contributed by atoms with Gasteiger partial charge in [-0.2, -0.15) is 0 Å². The first-order chi connectivity index (χ1) is 11.2. The number of urea groups is 1. The quantitative estimate of drug-likeness (QED) is 0.734. The number of ether oxygens (including phenoxy) is 1. The number of carbonyl (C=O) groups is 1. The highest BCUT2D eigenvalue weighted by atomic mass is 16.5. The predicted octanol–water partition coefficient (Wildman–Crippen LogP) is 3.29. The third-order valence-electron chi connectivity index (χ3n) is 3.24. The van der Waals surface area contributed by atoms with Crippen LogP contribution in [0.1, 0.15) is 24.5 Å². The van der Waals surface area contributed by atoms with Crippen LogP contribution in [0.4, 0.5) is 10.5 Å². The van der Waals surface area contributed by atoms with Gasteiger partial charge in [-0.15, -0.1) is 0 Å². The lowest BCUT2D eigenvalue weighted by Gasteiger charge is -2.10. The third kappa shape index (κ3) is 5.64. The highest BCUT2D eigenvalue weighted by Crippen LogP contribution is 2.18. The molecule has 0 aliphatic rings. The summed E-state index contributed by atoms with van der Waals surface area (Å²) < 4.78 is 5.73. The molecule has 0 aromatic heterocycles. The summed E-state index contributed by atoms with van der Waals surface area (Å²) in [7, 11) is 0.